The van der Waals surface area contributed by atoms with Gasteiger partial charge in [-0.3, -0.25) is 4.79 Å². The molecule has 7 heteroatoms. The van der Waals surface area contributed by atoms with Gasteiger partial charge < -0.3 is 14.8 Å². The summed E-state index contributed by atoms with van der Waals surface area (Å²) in [4.78, 5) is 20.1. The second-order valence-corrected chi connectivity index (χ2v) is 4.57. The molecule has 0 bridgehead atoms. The highest BCUT2D eigenvalue weighted by atomic mass is 35.5. The van der Waals surface area contributed by atoms with Crippen molar-refractivity contribution in [2.75, 3.05) is 19.5 Å². The summed E-state index contributed by atoms with van der Waals surface area (Å²) in [5.41, 5.74) is 1.42. The lowest BCUT2D eigenvalue weighted by atomic mass is 10.2. The van der Waals surface area contributed by atoms with Gasteiger partial charge in [0.2, 0.25) is 0 Å². The van der Waals surface area contributed by atoms with Crippen molar-refractivity contribution >= 4 is 23.2 Å². The summed E-state index contributed by atoms with van der Waals surface area (Å²) < 4.78 is 10.3. The molecule has 0 atom stereocenters. The summed E-state index contributed by atoms with van der Waals surface area (Å²) in [7, 11) is 2.99. The van der Waals surface area contributed by atoms with E-state index in [-0.39, 0.29) is 5.91 Å². The summed E-state index contributed by atoms with van der Waals surface area (Å²) in [6, 6.07) is 3.17. The number of ether oxygens (including phenoxy) is 2. The summed E-state index contributed by atoms with van der Waals surface area (Å²) in [6.07, 6.45) is 2.84. The third-order valence-electron chi connectivity index (χ3n) is 2.88. The summed E-state index contributed by atoms with van der Waals surface area (Å²) in [5, 5.41) is 3.13. The molecule has 1 N–H and O–H groups in total. The number of aryl methyl sites for hydroxylation is 1. The molecule has 0 saturated carbocycles. The molecule has 1 aromatic heterocycles. The fraction of sp³-hybridized carbons (Fsp3) is 0.214. The van der Waals surface area contributed by atoms with E-state index in [1.807, 2.05) is 0 Å². The molecule has 0 fully saturated rings. The molecule has 2 aromatic rings. The minimum atomic E-state index is -0.337. The molecule has 0 aliphatic rings. The van der Waals surface area contributed by atoms with Crippen LogP contribution in [-0.4, -0.2) is 30.1 Å². The zero-order chi connectivity index (χ0) is 15.4. The number of rotatable bonds is 4. The molecule has 0 aliphatic carbocycles. The lowest BCUT2D eigenvalue weighted by Crippen LogP contribution is -2.15. The zero-order valence-electron chi connectivity index (χ0n) is 11.8. The average molecular weight is 308 g/mol. The molecule has 0 aliphatic heterocycles. The molecule has 21 heavy (non-hydrogen) atoms. The highest BCUT2D eigenvalue weighted by Gasteiger charge is 2.15. The minimum absolute atomic E-state index is 0.337. The molecule has 1 aromatic carbocycles. The molecular weight excluding hydrogens is 294 g/mol. The summed E-state index contributed by atoms with van der Waals surface area (Å²) >= 11 is 6.02. The number of aromatic nitrogens is 2. The van der Waals surface area contributed by atoms with E-state index >= 15 is 0 Å². The molecule has 0 radical (unpaired) electrons. The molecule has 1 heterocycles. The Balaban J connectivity index is 2.35. The number of hydrogen-bond acceptors (Lipinski definition) is 5. The number of carbonyl (C=O) groups excluding carboxylic acids is 1. The van der Waals surface area contributed by atoms with Crippen LogP contribution in [0.3, 0.4) is 0 Å². The van der Waals surface area contributed by atoms with Crippen LogP contribution < -0.4 is 14.8 Å². The van der Waals surface area contributed by atoms with Crippen molar-refractivity contribution < 1.29 is 14.3 Å². The Bertz CT molecular complexity index is 677. The van der Waals surface area contributed by atoms with Gasteiger partial charge in [-0.1, -0.05) is 11.6 Å². The van der Waals surface area contributed by atoms with E-state index in [9.17, 15) is 4.79 Å². The predicted molar refractivity (Wildman–Crippen MR) is 79.3 cm³/mol. The first-order valence-electron chi connectivity index (χ1n) is 6.06. The Morgan fingerprint density at radius 3 is 2.57 bits per heavy atom. The monoisotopic (exact) mass is 307 g/mol. The van der Waals surface area contributed by atoms with Gasteiger partial charge in [0, 0.05) is 18.3 Å². The lowest BCUT2D eigenvalue weighted by Gasteiger charge is -2.13. The minimum Gasteiger partial charge on any atom is -0.495 e. The first kappa shape index (κ1) is 15.1. The number of nitrogens with one attached hydrogen (secondary N) is 1. The highest BCUT2D eigenvalue weighted by Crippen LogP contribution is 2.36. The van der Waals surface area contributed by atoms with E-state index in [2.05, 4.69) is 15.3 Å². The number of hydrogen-bond donors (Lipinski definition) is 1. The Hall–Kier alpha value is -2.34. The maximum Gasteiger partial charge on any atom is 0.259 e. The van der Waals surface area contributed by atoms with Gasteiger partial charge in [-0.25, -0.2) is 9.97 Å². The highest BCUT2D eigenvalue weighted by molar-refractivity contribution is 6.32. The van der Waals surface area contributed by atoms with Gasteiger partial charge in [-0.2, -0.15) is 0 Å². The average Bonchev–Trinajstić information content (AvgIpc) is 2.48. The lowest BCUT2D eigenvalue weighted by molar-refractivity contribution is 0.102. The fourth-order valence-electron chi connectivity index (χ4n) is 1.76. The van der Waals surface area contributed by atoms with Crippen molar-refractivity contribution in [2.45, 2.75) is 6.92 Å². The van der Waals surface area contributed by atoms with E-state index < -0.39 is 0 Å². The molecule has 1 amide bonds. The molecule has 0 unspecified atom stereocenters. The van der Waals surface area contributed by atoms with Crippen LogP contribution in [0.2, 0.25) is 5.02 Å². The van der Waals surface area contributed by atoms with Crippen molar-refractivity contribution in [3.05, 3.63) is 40.9 Å². The smallest absolute Gasteiger partial charge is 0.259 e. The molecular formula is C14H14ClN3O3. The van der Waals surface area contributed by atoms with Crippen LogP contribution >= 0.6 is 11.6 Å². The molecule has 2 rings (SSSR count). The SMILES string of the molecule is COc1cc(NC(=O)c2cncnc2C)c(OC)cc1Cl. The molecule has 110 valence electrons. The van der Waals surface area contributed by atoms with Crippen molar-refractivity contribution in [3.63, 3.8) is 0 Å². The maximum atomic E-state index is 12.3. The standard InChI is InChI=1S/C14H14ClN3O3/c1-8-9(6-16-7-17-8)14(19)18-11-5-12(20-2)10(15)4-13(11)21-3/h4-7H,1-3H3,(H,18,19). The van der Waals surface area contributed by atoms with Crippen LogP contribution in [0.15, 0.2) is 24.7 Å². The van der Waals surface area contributed by atoms with Crippen LogP contribution in [0.5, 0.6) is 11.5 Å². The van der Waals surface area contributed by atoms with E-state index in [1.165, 1.54) is 26.7 Å². The summed E-state index contributed by atoms with van der Waals surface area (Å²) in [5.74, 6) is 0.535. The number of amides is 1. The predicted octanol–water partition coefficient (Wildman–Crippen LogP) is 2.71. The van der Waals surface area contributed by atoms with Gasteiger partial charge >= 0.3 is 0 Å². The van der Waals surface area contributed by atoms with Crippen molar-refractivity contribution in [3.8, 4) is 11.5 Å². The fourth-order valence-corrected chi connectivity index (χ4v) is 1.99. The number of methoxy groups -OCH3 is 2. The van der Waals surface area contributed by atoms with Crippen LogP contribution in [0.25, 0.3) is 0 Å². The zero-order valence-corrected chi connectivity index (χ0v) is 12.6. The van der Waals surface area contributed by atoms with Crippen molar-refractivity contribution in [1.29, 1.82) is 0 Å². The van der Waals surface area contributed by atoms with Crippen LogP contribution in [0.1, 0.15) is 16.1 Å². The number of nitrogens with zero attached hydrogens (tertiary/aromatic N) is 2. The quantitative estimate of drug-likeness (QED) is 0.940. The topological polar surface area (TPSA) is 73.3 Å². The number of carbonyl (C=O) groups is 1. The number of halogens is 1. The second-order valence-electron chi connectivity index (χ2n) is 4.16. The maximum absolute atomic E-state index is 12.3. The third kappa shape index (κ3) is 3.22. The van der Waals surface area contributed by atoms with Gasteiger partial charge in [-0.15, -0.1) is 0 Å². The van der Waals surface area contributed by atoms with E-state index in [0.717, 1.165) is 0 Å². The van der Waals surface area contributed by atoms with Crippen LogP contribution in [-0.2, 0) is 0 Å². The Labute approximate surface area is 127 Å². The second kappa shape index (κ2) is 6.41. The first-order chi connectivity index (χ1) is 10.1. The van der Waals surface area contributed by atoms with Crippen molar-refractivity contribution in [1.82, 2.24) is 9.97 Å². The third-order valence-corrected chi connectivity index (χ3v) is 3.17. The van der Waals surface area contributed by atoms with E-state index in [4.69, 9.17) is 21.1 Å². The Morgan fingerprint density at radius 2 is 1.95 bits per heavy atom. The van der Waals surface area contributed by atoms with Gasteiger partial charge in [0.25, 0.3) is 5.91 Å². The van der Waals surface area contributed by atoms with Gasteiger partial charge in [0.05, 0.1) is 36.2 Å². The van der Waals surface area contributed by atoms with Gasteiger partial charge in [0.15, 0.2) is 0 Å². The Morgan fingerprint density at radius 1 is 1.24 bits per heavy atom. The number of anilines is 1. The largest absolute Gasteiger partial charge is 0.495 e. The van der Waals surface area contributed by atoms with E-state index in [1.54, 1.807) is 19.1 Å². The first-order valence-corrected chi connectivity index (χ1v) is 6.44. The molecule has 6 nitrogen and oxygen atoms in total. The van der Waals surface area contributed by atoms with Gasteiger partial charge in [0.1, 0.15) is 17.8 Å². The van der Waals surface area contributed by atoms with Gasteiger partial charge in [-0.05, 0) is 6.92 Å². The molecule has 0 spiro atoms. The number of benzene rings is 1. The normalized spacial score (nSPS) is 10.1. The molecule has 0 saturated heterocycles. The van der Waals surface area contributed by atoms with Crippen LogP contribution in [0, 0.1) is 6.92 Å². The Kier molecular flexibility index (Phi) is 4.59. The summed E-state index contributed by atoms with van der Waals surface area (Å²) in [6.45, 7) is 1.73. The van der Waals surface area contributed by atoms with Crippen molar-refractivity contribution in [2.24, 2.45) is 0 Å². The van der Waals surface area contributed by atoms with E-state index in [0.29, 0.717) is 33.5 Å². The van der Waals surface area contributed by atoms with Crippen LogP contribution in [0.4, 0.5) is 5.69 Å².